The molecule has 0 spiro atoms. The van der Waals surface area contributed by atoms with E-state index in [1.54, 1.807) is 13.1 Å². The van der Waals surface area contributed by atoms with Crippen molar-refractivity contribution in [2.24, 2.45) is 5.92 Å². The summed E-state index contributed by atoms with van der Waals surface area (Å²) < 4.78 is 30.5. The summed E-state index contributed by atoms with van der Waals surface area (Å²) in [6.45, 7) is 1.58. The van der Waals surface area contributed by atoms with Gasteiger partial charge in [0, 0.05) is 36.6 Å². The molecule has 5 aliphatic rings. The summed E-state index contributed by atoms with van der Waals surface area (Å²) in [5, 5.41) is 3.53. The monoisotopic (exact) mass is 360 g/mol. The lowest BCUT2D eigenvalue weighted by molar-refractivity contribution is -0.137. The summed E-state index contributed by atoms with van der Waals surface area (Å²) in [5.74, 6) is 0.933. The molecule has 5 aliphatic carbocycles. The molecule has 0 aliphatic heterocycles. The van der Waals surface area contributed by atoms with Gasteiger partial charge in [-0.05, 0) is 68.9 Å². The number of Topliss-reactive ketones (excluding diaryl/α,β-unsaturated/α-hetero) is 1. The minimum atomic E-state index is -1.37. The molecular weight excluding hydrogens is 334 g/mol. The minimum Gasteiger partial charge on any atom is -0.364 e. The van der Waals surface area contributed by atoms with Crippen LogP contribution in [0.5, 0.6) is 0 Å². The first-order valence-corrected chi connectivity index (χ1v) is 9.97. The molecule has 5 heteroatoms. The van der Waals surface area contributed by atoms with Crippen molar-refractivity contribution >= 4 is 11.6 Å². The highest BCUT2D eigenvalue weighted by molar-refractivity contribution is 5.96. The summed E-state index contributed by atoms with van der Waals surface area (Å²) in [6.07, 6.45) is 8.25. The molecule has 2 unspecified atom stereocenters. The lowest BCUT2D eigenvalue weighted by Crippen LogP contribution is -2.65. The molecule has 1 aromatic heterocycles. The van der Waals surface area contributed by atoms with Crippen LogP contribution >= 0.6 is 0 Å². The maximum Gasteiger partial charge on any atom is 0.161 e. The third-order valence-corrected chi connectivity index (χ3v) is 7.10. The highest BCUT2D eigenvalue weighted by Crippen LogP contribution is 2.62. The fraction of sp³-hybridized carbons (Fsp3) is 0.714. The first-order chi connectivity index (χ1) is 12.3. The van der Waals surface area contributed by atoms with E-state index < -0.39 is 16.9 Å². The standard InChI is InChI=1S/C21H26F2N2O/c1-13(26)17-9-24-18(16-5-3-2-4-15(16)17)25-21-8-14-6-19(22,11-21)10-20(23,7-14)12-21/h9,14H,2-8,10-12H2,1H3,(H,24,25). The number of alkyl halides is 2. The topological polar surface area (TPSA) is 42.0 Å². The number of hydrogen-bond donors (Lipinski definition) is 1. The molecule has 4 fully saturated rings. The number of pyridine rings is 1. The average Bonchev–Trinajstić information content (AvgIpc) is 2.51. The van der Waals surface area contributed by atoms with E-state index in [1.165, 1.54) is 0 Å². The molecule has 6 rings (SSSR count). The predicted octanol–water partition coefficient (Wildman–Crippen LogP) is 4.73. The number of carbonyl (C=O) groups is 1. The van der Waals surface area contributed by atoms with E-state index in [1.807, 2.05) is 0 Å². The van der Waals surface area contributed by atoms with Gasteiger partial charge in [-0.3, -0.25) is 4.79 Å². The van der Waals surface area contributed by atoms with Gasteiger partial charge in [-0.25, -0.2) is 13.8 Å². The smallest absolute Gasteiger partial charge is 0.161 e. The van der Waals surface area contributed by atoms with Crippen LogP contribution in [0.1, 0.15) is 79.8 Å². The Kier molecular flexibility index (Phi) is 3.37. The molecule has 140 valence electrons. The van der Waals surface area contributed by atoms with E-state index in [2.05, 4.69) is 10.3 Å². The van der Waals surface area contributed by atoms with Crippen molar-refractivity contribution in [3.8, 4) is 0 Å². The third kappa shape index (κ3) is 2.49. The molecule has 0 radical (unpaired) electrons. The van der Waals surface area contributed by atoms with Crippen LogP contribution in [0.2, 0.25) is 0 Å². The molecule has 2 atom stereocenters. The van der Waals surface area contributed by atoms with E-state index in [0.717, 1.165) is 49.0 Å². The van der Waals surface area contributed by atoms with Crippen molar-refractivity contribution in [2.45, 2.75) is 88.0 Å². The van der Waals surface area contributed by atoms with Gasteiger partial charge in [0.2, 0.25) is 0 Å². The first kappa shape index (κ1) is 16.6. The number of anilines is 1. The van der Waals surface area contributed by atoms with Gasteiger partial charge in [0.05, 0.1) is 0 Å². The molecule has 3 nitrogen and oxygen atoms in total. The van der Waals surface area contributed by atoms with Crippen LogP contribution in [-0.4, -0.2) is 27.6 Å². The van der Waals surface area contributed by atoms with Crippen LogP contribution in [-0.2, 0) is 12.8 Å². The third-order valence-electron chi connectivity index (χ3n) is 7.10. The molecule has 1 N–H and O–H groups in total. The number of fused-ring (bicyclic) bond motifs is 1. The normalized spacial score (nSPS) is 40.3. The number of aromatic nitrogens is 1. The lowest BCUT2D eigenvalue weighted by Gasteiger charge is -2.61. The Bertz CT molecular complexity index is 774. The van der Waals surface area contributed by atoms with Gasteiger partial charge in [0.15, 0.2) is 5.78 Å². The summed E-state index contributed by atoms with van der Waals surface area (Å²) >= 11 is 0. The highest BCUT2D eigenvalue weighted by Gasteiger charge is 2.65. The quantitative estimate of drug-likeness (QED) is 0.793. The largest absolute Gasteiger partial charge is 0.364 e. The van der Waals surface area contributed by atoms with Crippen LogP contribution < -0.4 is 5.32 Å². The maximum atomic E-state index is 15.2. The molecule has 1 aromatic rings. The second kappa shape index (κ2) is 5.26. The molecule has 4 saturated carbocycles. The predicted molar refractivity (Wildman–Crippen MR) is 96.1 cm³/mol. The number of rotatable bonds is 3. The Labute approximate surface area is 153 Å². The summed E-state index contributed by atoms with van der Waals surface area (Å²) in [5.41, 5.74) is -0.379. The van der Waals surface area contributed by atoms with Crippen molar-refractivity contribution in [1.82, 2.24) is 4.98 Å². The van der Waals surface area contributed by atoms with Crippen LogP contribution in [0, 0.1) is 5.92 Å². The van der Waals surface area contributed by atoms with Gasteiger partial charge < -0.3 is 5.32 Å². The number of hydrogen-bond acceptors (Lipinski definition) is 3. The Morgan fingerprint density at radius 1 is 1.08 bits per heavy atom. The van der Waals surface area contributed by atoms with Gasteiger partial charge in [0.25, 0.3) is 0 Å². The van der Waals surface area contributed by atoms with Crippen molar-refractivity contribution in [2.75, 3.05) is 5.32 Å². The zero-order valence-corrected chi connectivity index (χ0v) is 15.3. The number of nitrogens with zero attached hydrogens (tertiary/aromatic N) is 1. The SMILES string of the molecule is CC(=O)c1cnc(NC23CC4CC(F)(CC(F)(C4)C2)C3)c2c1CCCC2. The van der Waals surface area contributed by atoms with Crippen LogP contribution in [0.25, 0.3) is 0 Å². The van der Waals surface area contributed by atoms with E-state index in [4.69, 9.17) is 0 Å². The Balaban J connectivity index is 1.53. The zero-order valence-electron chi connectivity index (χ0n) is 15.3. The molecule has 0 amide bonds. The number of carbonyl (C=O) groups excluding carboxylic acids is 1. The van der Waals surface area contributed by atoms with Gasteiger partial charge in [0.1, 0.15) is 17.2 Å². The van der Waals surface area contributed by atoms with Gasteiger partial charge in [-0.15, -0.1) is 0 Å². The molecule has 0 saturated heterocycles. The zero-order chi connectivity index (χ0) is 18.2. The maximum absolute atomic E-state index is 15.2. The van der Waals surface area contributed by atoms with Crippen molar-refractivity contribution in [3.63, 3.8) is 0 Å². The molecular formula is C21H26F2N2O. The van der Waals surface area contributed by atoms with E-state index >= 15 is 8.78 Å². The summed E-state index contributed by atoms with van der Waals surface area (Å²) in [4.78, 5) is 16.5. The van der Waals surface area contributed by atoms with Crippen LogP contribution in [0.3, 0.4) is 0 Å². The molecule has 4 bridgehead atoms. The number of ketones is 1. The second-order valence-electron chi connectivity index (χ2n) is 9.46. The Morgan fingerprint density at radius 3 is 2.35 bits per heavy atom. The van der Waals surface area contributed by atoms with Crippen molar-refractivity contribution < 1.29 is 13.6 Å². The molecule has 0 aromatic carbocycles. The molecule has 1 heterocycles. The van der Waals surface area contributed by atoms with E-state index in [9.17, 15) is 4.79 Å². The highest BCUT2D eigenvalue weighted by atomic mass is 19.2. The van der Waals surface area contributed by atoms with Gasteiger partial charge in [-0.1, -0.05) is 0 Å². The average molecular weight is 360 g/mol. The van der Waals surface area contributed by atoms with E-state index in [0.29, 0.717) is 31.2 Å². The number of nitrogens with one attached hydrogen (secondary N) is 1. The summed E-state index contributed by atoms with van der Waals surface area (Å²) in [6, 6.07) is 0. The first-order valence-electron chi connectivity index (χ1n) is 9.97. The van der Waals surface area contributed by atoms with Gasteiger partial charge in [-0.2, -0.15) is 0 Å². The van der Waals surface area contributed by atoms with E-state index in [-0.39, 0.29) is 18.1 Å². The van der Waals surface area contributed by atoms with Gasteiger partial charge >= 0.3 is 0 Å². The Morgan fingerprint density at radius 2 is 1.73 bits per heavy atom. The fourth-order valence-electron chi connectivity index (χ4n) is 6.76. The minimum absolute atomic E-state index is 0.0439. The fourth-order valence-corrected chi connectivity index (χ4v) is 6.76. The van der Waals surface area contributed by atoms with Crippen LogP contribution in [0.4, 0.5) is 14.6 Å². The molecule has 26 heavy (non-hydrogen) atoms. The summed E-state index contributed by atoms with van der Waals surface area (Å²) in [7, 11) is 0. The van der Waals surface area contributed by atoms with Crippen molar-refractivity contribution in [1.29, 1.82) is 0 Å². The second-order valence-corrected chi connectivity index (χ2v) is 9.46. The number of halogens is 2. The van der Waals surface area contributed by atoms with Crippen molar-refractivity contribution in [3.05, 3.63) is 22.9 Å². The Hall–Kier alpha value is -1.52. The lowest BCUT2D eigenvalue weighted by atomic mass is 9.50. The van der Waals surface area contributed by atoms with Crippen LogP contribution in [0.15, 0.2) is 6.20 Å².